The van der Waals surface area contributed by atoms with E-state index in [0.717, 1.165) is 0 Å². The van der Waals surface area contributed by atoms with Crippen LogP contribution in [0.1, 0.15) is 5.82 Å². The van der Waals surface area contributed by atoms with E-state index in [9.17, 15) is 4.79 Å². The van der Waals surface area contributed by atoms with Crippen LogP contribution in [0, 0.1) is 6.92 Å². The van der Waals surface area contributed by atoms with Gasteiger partial charge in [-0.1, -0.05) is 12.1 Å². The van der Waals surface area contributed by atoms with Gasteiger partial charge >= 0.3 is 0 Å². The average molecular weight is 307 g/mol. The minimum atomic E-state index is -0.186. The van der Waals surface area contributed by atoms with E-state index in [1.807, 2.05) is 30.3 Å². The van der Waals surface area contributed by atoms with Crippen molar-refractivity contribution in [3.8, 4) is 11.4 Å². The highest BCUT2D eigenvalue weighted by molar-refractivity contribution is 5.79. The molecule has 23 heavy (non-hydrogen) atoms. The fourth-order valence-electron chi connectivity index (χ4n) is 2.64. The summed E-state index contributed by atoms with van der Waals surface area (Å²) in [7, 11) is 1.58. The van der Waals surface area contributed by atoms with Crippen molar-refractivity contribution in [2.24, 2.45) is 0 Å². The molecule has 0 saturated carbocycles. The standard InChI is InChI=1S/C16H13N5O2/c1-10-18-16-17-9-11-12(21(16)19-10)7-8-20(15(11)22)13-5-3-4-6-14(13)23-2/h3-9H,1-2H3. The Labute approximate surface area is 130 Å². The number of pyridine rings is 1. The summed E-state index contributed by atoms with van der Waals surface area (Å²) in [4.78, 5) is 21.3. The number of nitrogens with zero attached hydrogens (tertiary/aromatic N) is 5. The third-order valence-corrected chi connectivity index (χ3v) is 3.68. The number of aryl methyl sites for hydroxylation is 1. The molecule has 0 atom stereocenters. The second-order valence-electron chi connectivity index (χ2n) is 5.09. The lowest BCUT2D eigenvalue weighted by Crippen LogP contribution is -2.19. The summed E-state index contributed by atoms with van der Waals surface area (Å²) in [6.07, 6.45) is 3.24. The quantitative estimate of drug-likeness (QED) is 0.564. The Morgan fingerprint density at radius 3 is 2.83 bits per heavy atom. The van der Waals surface area contributed by atoms with Crippen LogP contribution in [-0.2, 0) is 0 Å². The fourth-order valence-corrected chi connectivity index (χ4v) is 2.64. The number of aromatic nitrogens is 5. The van der Waals surface area contributed by atoms with Gasteiger partial charge in [0.25, 0.3) is 11.3 Å². The molecule has 0 spiro atoms. The van der Waals surface area contributed by atoms with E-state index < -0.39 is 0 Å². The molecule has 1 aromatic carbocycles. The van der Waals surface area contributed by atoms with Crippen LogP contribution in [0.3, 0.4) is 0 Å². The lowest BCUT2D eigenvalue weighted by molar-refractivity contribution is 0.412. The topological polar surface area (TPSA) is 74.3 Å². The van der Waals surface area contributed by atoms with Crippen LogP contribution in [0.2, 0.25) is 0 Å². The van der Waals surface area contributed by atoms with Crippen LogP contribution in [0.5, 0.6) is 5.75 Å². The lowest BCUT2D eigenvalue weighted by atomic mass is 10.2. The van der Waals surface area contributed by atoms with Crippen molar-refractivity contribution in [3.63, 3.8) is 0 Å². The van der Waals surface area contributed by atoms with Gasteiger partial charge in [-0.15, -0.1) is 5.10 Å². The predicted molar refractivity (Wildman–Crippen MR) is 85.2 cm³/mol. The molecule has 0 fully saturated rings. The van der Waals surface area contributed by atoms with Crippen molar-refractivity contribution in [1.82, 2.24) is 24.1 Å². The summed E-state index contributed by atoms with van der Waals surface area (Å²) in [5, 5.41) is 4.76. The van der Waals surface area contributed by atoms with Gasteiger partial charge < -0.3 is 4.74 Å². The largest absolute Gasteiger partial charge is 0.495 e. The molecule has 4 aromatic rings. The number of benzene rings is 1. The van der Waals surface area contributed by atoms with E-state index in [2.05, 4.69) is 15.1 Å². The van der Waals surface area contributed by atoms with E-state index >= 15 is 0 Å². The van der Waals surface area contributed by atoms with Gasteiger partial charge in [-0.25, -0.2) is 4.98 Å². The zero-order chi connectivity index (χ0) is 16.0. The molecule has 0 aliphatic heterocycles. The maximum atomic E-state index is 12.9. The molecule has 3 aromatic heterocycles. The summed E-state index contributed by atoms with van der Waals surface area (Å²) in [5.41, 5.74) is 1.16. The molecular formula is C16H13N5O2. The molecule has 3 heterocycles. The first kappa shape index (κ1) is 13.4. The SMILES string of the molecule is COc1ccccc1-n1ccc2c(cnc3nc(C)nn32)c1=O. The van der Waals surface area contributed by atoms with Gasteiger partial charge in [-0.2, -0.15) is 9.50 Å². The van der Waals surface area contributed by atoms with Crippen LogP contribution >= 0.6 is 0 Å². The first-order valence-electron chi connectivity index (χ1n) is 7.06. The molecule has 0 N–H and O–H groups in total. The van der Waals surface area contributed by atoms with Crippen molar-refractivity contribution in [3.05, 3.63) is 58.9 Å². The van der Waals surface area contributed by atoms with Gasteiger partial charge in [0.1, 0.15) is 11.6 Å². The smallest absolute Gasteiger partial charge is 0.266 e. The molecule has 0 aliphatic rings. The van der Waals surface area contributed by atoms with Crippen molar-refractivity contribution in [1.29, 1.82) is 0 Å². The minimum Gasteiger partial charge on any atom is -0.495 e. The zero-order valence-electron chi connectivity index (χ0n) is 12.6. The molecule has 0 bridgehead atoms. The number of para-hydroxylation sites is 2. The van der Waals surface area contributed by atoms with Gasteiger partial charge in [-0.05, 0) is 25.1 Å². The Hall–Kier alpha value is -3.22. The normalized spacial score (nSPS) is 11.2. The van der Waals surface area contributed by atoms with E-state index in [0.29, 0.717) is 33.9 Å². The second-order valence-corrected chi connectivity index (χ2v) is 5.09. The van der Waals surface area contributed by atoms with Crippen LogP contribution in [0.15, 0.2) is 47.5 Å². The van der Waals surface area contributed by atoms with Crippen molar-refractivity contribution in [2.75, 3.05) is 7.11 Å². The summed E-state index contributed by atoms with van der Waals surface area (Å²) in [6, 6.07) is 9.19. The Morgan fingerprint density at radius 1 is 1.17 bits per heavy atom. The molecular weight excluding hydrogens is 294 g/mol. The number of hydrogen-bond acceptors (Lipinski definition) is 5. The van der Waals surface area contributed by atoms with Crippen LogP contribution in [0.25, 0.3) is 22.4 Å². The molecule has 114 valence electrons. The summed E-state index contributed by atoms with van der Waals surface area (Å²) < 4.78 is 8.46. The van der Waals surface area contributed by atoms with E-state index in [1.165, 1.54) is 6.20 Å². The first-order valence-corrected chi connectivity index (χ1v) is 7.06. The molecule has 0 radical (unpaired) electrons. The molecule has 0 amide bonds. The molecule has 7 nitrogen and oxygen atoms in total. The molecule has 0 unspecified atom stereocenters. The number of fused-ring (bicyclic) bond motifs is 3. The molecule has 0 saturated heterocycles. The van der Waals surface area contributed by atoms with Crippen molar-refractivity contribution >= 4 is 16.7 Å². The number of rotatable bonds is 2. The van der Waals surface area contributed by atoms with Gasteiger partial charge in [0.15, 0.2) is 0 Å². The number of hydrogen-bond donors (Lipinski definition) is 0. The Balaban J connectivity index is 2.05. The summed E-state index contributed by atoms with van der Waals surface area (Å²) in [5.74, 6) is 1.71. The molecule has 7 heteroatoms. The Kier molecular flexibility index (Phi) is 2.87. The fraction of sp³-hybridized carbons (Fsp3) is 0.125. The number of ether oxygens (including phenoxy) is 1. The van der Waals surface area contributed by atoms with Gasteiger partial charge in [0.05, 0.1) is 23.7 Å². The number of methoxy groups -OCH3 is 1. The minimum absolute atomic E-state index is 0.186. The van der Waals surface area contributed by atoms with Gasteiger partial charge in [0.2, 0.25) is 0 Å². The maximum Gasteiger partial charge on any atom is 0.266 e. The Bertz CT molecular complexity index is 1100. The lowest BCUT2D eigenvalue weighted by Gasteiger charge is -2.11. The average Bonchev–Trinajstić information content (AvgIpc) is 2.96. The highest BCUT2D eigenvalue weighted by Crippen LogP contribution is 2.21. The molecule has 4 rings (SSSR count). The second kappa shape index (κ2) is 4.91. The highest BCUT2D eigenvalue weighted by Gasteiger charge is 2.12. The van der Waals surface area contributed by atoms with Crippen LogP contribution in [0.4, 0.5) is 0 Å². The highest BCUT2D eigenvalue weighted by atomic mass is 16.5. The van der Waals surface area contributed by atoms with Crippen LogP contribution < -0.4 is 10.3 Å². The first-order chi connectivity index (χ1) is 11.2. The van der Waals surface area contributed by atoms with Gasteiger partial charge in [-0.3, -0.25) is 9.36 Å². The summed E-state index contributed by atoms with van der Waals surface area (Å²) in [6.45, 7) is 1.79. The maximum absolute atomic E-state index is 12.9. The predicted octanol–water partition coefficient (Wildman–Crippen LogP) is 1.75. The van der Waals surface area contributed by atoms with Crippen molar-refractivity contribution < 1.29 is 4.74 Å². The third-order valence-electron chi connectivity index (χ3n) is 3.68. The van der Waals surface area contributed by atoms with E-state index in [1.54, 1.807) is 29.3 Å². The summed E-state index contributed by atoms with van der Waals surface area (Å²) >= 11 is 0. The monoisotopic (exact) mass is 307 g/mol. The zero-order valence-corrected chi connectivity index (χ0v) is 12.6. The van der Waals surface area contributed by atoms with Gasteiger partial charge in [0, 0.05) is 12.4 Å². The third kappa shape index (κ3) is 1.97. The Morgan fingerprint density at radius 2 is 2.00 bits per heavy atom. The van der Waals surface area contributed by atoms with E-state index in [-0.39, 0.29) is 5.56 Å². The van der Waals surface area contributed by atoms with Crippen molar-refractivity contribution in [2.45, 2.75) is 6.92 Å². The van der Waals surface area contributed by atoms with Crippen LogP contribution in [-0.4, -0.2) is 31.3 Å². The van der Waals surface area contributed by atoms with E-state index in [4.69, 9.17) is 4.74 Å². The molecule has 0 aliphatic carbocycles.